The quantitative estimate of drug-likeness (QED) is 0.235. The second-order valence-electron chi connectivity index (χ2n) is 12.5. The summed E-state index contributed by atoms with van der Waals surface area (Å²) in [5, 5.41) is 10.5. The van der Waals surface area contributed by atoms with Gasteiger partial charge in [-0.15, -0.1) is 24.9 Å². The SMILES string of the molecule is C=CCN(CCC)C(=O)[C@H]1[C@H]2C(=O)N([C@@H](CO)CC(C)C)C(C(=O)N(CC=C)C3CCCCC3)C23CC(Br)[C@@H]1S3. The highest BCUT2D eigenvalue weighted by molar-refractivity contribution is 9.09. The maximum absolute atomic E-state index is 14.8. The largest absolute Gasteiger partial charge is 0.394 e. The van der Waals surface area contributed by atoms with E-state index in [9.17, 15) is 19.5 Å². The molecule has 0 aromatic carbocycles. The number of rotatable bonds is 13. The molecule has 0 aromatic rings. The molecule has 40 heavy (non-hydrogen) atoms. The van der Waals surface area contributed by atoms with E-state index in [4.69, 9.17) is 0 Å². The minimum absolute atomic E-state index is 0.0173. The van der Waals surface area contributed by atoms with Crippen LogP contribution in [-0.4, -0.2) is 96.7 Å². The van der Waals surface area contributed by atoms with Crippen LogP contribution in [0.3, 0.4) is 0 Å². The van der Waals surface area contributed by atoms with Gasteiger partial charge in [-0.25, -0.2) is 0 Å². The average molecular weight is 639 g/mol. The zero-order valence-electron chi connectivity index (χ0n) is 24.5. The molecule has 1 saturated carbocycles. The summed E-state index contributed by atoms with van der Waals surface area (Å²) < 4.78 is -0.710. The summed E-state index contributed by atoms with van der Waals surface area (Å²) in [6, 6.07) is -1.06. The summed E-state index contributed by atoms with van der Waals surface area (Å²) in [5.41, 5.74) is 0. The summed E-state index contributed by atoms with van der Waals surface area (Å²) in [4.78, 5) is 49.1. The Balaban J connectivity index is 1.80. The fraction of sp³-hybridized carbons (Fsp3) is 0.774. The first-order valence-corrected chi connectivity index (χ1v) is 17.0. The van der Waals surface area contributed by atoms with Gasteiger partial charge in [-0.2, -0.15) is 0 Å². The topological polar surface area (TPSA) is 81.2 Å². The van der Waals surface area contributed by atoms with Gasteiger partial charge in [0.1, 0.15) is 6.04 Å². The first-order valence-electron chi connectivity index (χ1n) is 15.2. The lowest BCUT2D eigenvalue weighted by Gasteiger charge is -2.43. The van der Waals surface area contributed by atoms with E-state index in [2.05, 4.69) is 42.9 Å². The monoisotopic (exact) mass is 637 g/mol. The predicted octanol–water partition coefficient (Wildman–Crippen LogP) is 4.63. The fourth-order valence-electron chi connectivity index (χ4n) is 7.88. The van der Waals surface area contributed by atoms with E-state index >= 15 is 0 Å². The number of hydrogen-bond donors (Lipinski definition) is 1. The van der Waals surface area contributed by atoms with Crippen molar-refractivity contribution < 1.29 is 19.5 Å². The highest BCUT2D eigenvalue weighted by atomic mass is 79.9. The molecule has 7 nitrogen and oxygen atoms in total. The van der Waals surface area contributed by atoms with Crippen LogP contribution in [0.4, 0.5) is 0 Å². The molecule has 3 amide bonds. The second kappa shape index (κ2) is 13.3. The number of alkyl halides is 1. The van der Waals surface area contributed by atoms with Crippen LogP contribution in [0.15, 0.2) is 25.3 Å². The lowest BCUT2D eigenvalue weighted by molar-refractivity contribution is -0.148. The molecule has 224 valence electrons. The molecule has 9 heteroatoms. The van der Waals surface area contributed by atoms with E-state index < -0.39 is 28.7 Å². The third-order valence-electron chi connectivity index (χ3n) is 9.37. The molecule has 1 aliphatic carbocycles. The molecule has 7 atom stereocenters. The number of nitrogens with zero attached hydrogens (tertiary/aromatic N) is 3. The molecule has 3 unspecified atom stereocenters. The standard InChI is InChI=1S/C31H48BrN3O4S/c1-6-14-33(15-7-2)28(37)24-25-29(38)35(22(19-36)17-20(4)5)27(31(25)18-23(32)26(24)40-31)30(39)34(16-8-3)21-12-10-9-11-13-21/h6,8,20-27,36H,1,3,7,9-19H2,2,4-5H3/t22-,23?,24+,25+,26+,27?,31?/m1/s1. The highest BCUT2D eigenvalue weighted by Crippen LogP contribution is 2.68. The van der Waals surface area contributed by atoms with E-state index in [0.717, 1.165) is 32.1 Å². The predicted molar refractivity (Wildman–Crippen MR) is 165 cm³/mol. The van der Waals surface area contributed by atoms with Gasteiger partial charge in [-0.05, 0) is 38.0 Å². The minimum Gasteiger partial charge on any atom is -0.394 e. The Morgan fingerprint density at radius 2 is 1.85 bits per heavy atom. The number of halogens is 1. The molecule has 0 radical (unpaired) electrons. The van der Waals surface area contributed by atoms with Gasteiger partial charge in [0.15, 0.2) is 0 Å². The number of aliphatic hydroxyl groups is 1. The van der Waals surface area contributed by atoms with E-state index in [1.807, 2.05) is 16.7 Å². The molecule has 1 spiro atoms. The lowest BCUT2D eigenvalue weighted by Crippen LogP contribution is -2.59. The van der Waals surface area contributed by atoms with Crippen molar-refractivity contribution in [2.75, 3.05) is 26.2 Å². The number of fused-ring (bicyclic) bond motifs is 1. The van der Waals surface area contributed by atoms with Crippen molar-refractivity contribution in [1.29, 1.82) is 0 Å². The molecule has 3 aliphatic heterocycles. The zero-order valence-corrected chi connectivity index (χ0v) is 26.9. The molecule has 4 rings (SSSR count). The van der Waals surface area contributed by atoms with Gasteiger partial charge in [-0.3, -0.25) is 14.4 Å². The first-order chi connectivity index (χ1) is 19.2. The maximum Gasteiger partial charge on any atom is 0.247 e. The van der Waals surface area contributed by atoms with Crippen molar-refractivity contribution in [3.63, 3.8) is 0 Å². The molecule has 4 aliphatic rings. The van der Waals surface area contributed by atoms with Gasteiger partial charge in [0, 0.05) is 35.8 Å². The third-order valence-corrected chi connectivity index (χ3v) is 12.6. The van der Waals surface area contributed by atoms with E-state index in [1.54, 1.807) is 28.8 Å². The molecule has 2 bridgehead atoms. The molecule has 1 N–H and O–H groups in total. The molecule has 4 fully saturated rings. The Hall–Kier alpha value is -1.32. The number of carbonyl (C=O) groups is 3. The third kappa shape index (κ3) is 5.56. The van der Waals surface area contributed by atoms with Crippen molar-refractivity contribution in [3.05, 3.63) is 25.3 Å². The van der Waals surface area contributed by atoms with Crippen molar-refractivity contribution in [2.45, 2.75) is 105 Å². The Morgan fingerprint density at radius 1 is 1.18 bits per heavy atom. The van der Waals surface area contributed by atoms with Crippen molar-refractivity contribution in [1.82, 2.24) is 14.7 Å². The summed E-state index contributed by atoms with van der Waals surface area (Å²) in [7, 11) is 0. The first kappa shape index (κ1) is 31.6. The summed E-state index contributed by atoms with van der Waals surface area (Å²) >= 11 is 5.57. The van der Waals surface area contributed by atoms with Crippen molar-refractivity contribution in [2.24, 2.45) is 17.8 Å². The maximum atomic E-state index is 14.8. The second-order valence-corrected chi connectivity index (χ2v) is 15.2. The molecular weight excluding hydrogens is 590 g/mol. The smallest absolute Gasteiger partial charge is 0.247 e. The van der Waals surface area contributed by atoms with E-state index in [1.165, 1.54) is 6.42 Å². The van der Waals surface area contributed by atoms with Crippen LogP contribution in [0.25, 0.3) is 0 Å². The average Bonchev–Trinajstić information content (AvgIpc) is 3.53. The summed E-state index contributed by atoms with van der Waals surface area (Å²) in [6.45, 7) is 15.3. The van der Waals surface area contributed by atoms with Crippen LogP contribution < -0.4 is 0 Å². The van der Waals surface area contributed by atoms with Gasteiger partial charge >= 0.3 is 0 Å². The van der Waals surface area contributed by atoms with Crippen LogP contribution >= 0.6 is 27.7 Å². The summed E-state index contributed by atoms with van der Waals surface area (Å²) in [6.07, 6.45) is 10.9. The molecule has 3 saturated heterocycles. The van der Waals surface area contributed by atoms with Crippen LogP contribution in [-0.2, 0) is 14.4 Å². The Morgan fingerprint density at radius 3 is 2.42 bits per heavy atom. The number of likely N-dealkylation sites (tertiary alicyclic amines) is 1. The molecule has 0 aromatic heterocycles. The van der Waals surface area contributed by atoms with E-state index in [-0.39, 0.29) is 46.4 Å². The Bertz CT molecular complexity index is 972. The van der Waals surface area contributed by atoms with Crippen molar-refractivity contribution >= 4 is 45.4 Å². The number of thioether (sulfide) groups is 1. The number of carbonyl (C=O) groups excluding carboxylic acids is 3. The van der Waals surface area contributed by atoms with Gasteiger partial charge in [0.2, 0.25) is 17.7 Å². The number of amides is 3. The molecule has 3 heterocycles. The normalized spacial score (nSPS) is 32.3. The summed E-state index contributed by atoms with van der Waals surface area (Å²) in [5.74, 6) is -1.05. The molecular formula is C31H48BrN3O4S. The van der Waals surface area contributed by atoms with Gasteiger partial charge in [0.05, 0.1) is 29.2 Å². The highest BCUT2D eigenvalue weighted by Gasteiger charge is 2.76. The van der Waals surface area contributed by atoms with Crippen LogP contribution in [0.2, 0.25) is 0 Å². The van der Waals surface area contributed by atoms with Crippen LogP contribution in [0.1, 0.15) is 72.1 Å². The fourth-order valence-corrected chi connectivity index (χ4v) is 11.5. The Kier molecular flexibility index (Phi) is 10.5. The minimum atomic E-state index is -0.713. The number of aliphatic hydroxyl groups excluding tert-OH is 1. The zero-order chi connectivity index (χ0) is 29.2. The van der Waals surface area contributed by atoms with Crippen LogP contribution in [0.5, 0.6) is 0 Å². The van der Waals surface area contributed by atoms with E-state index in [0.29, 0.717) is 32.5 Å². The van der Waals surface area contributed by atoms with Crippen LogP contribution in [0, 0.1) is 17.8 Å². The Labute approximate surface area is 253 Å². The van der Waals surface area contributed by atoms with Gasteiger partial charge < -0.3 is 19.8 Å². The number of hydrogen-bond acceptors (Lipinski definition) is 5. The van der Waals surface area contributed by atoms with Gasteiger partial charge in [0.25, 0.3) is 0 Å². The van der Waals surface area contributed by atoms with Crippen molar-refractivity contribution in [3.8, 4) is 0 Å². The van der Waals surface area contributed by atoms with Gasteiger partial charge in [-0.1, -0.05) is 68.1 Å². The lowest BCUT2D eigenvalue weighted by atomic mass is 9.70.